The SMILES string of the molecule is COc1ccc(CNc2nnc(-c3c[nH]c4ncc(-c5cnn(C)c5)cc34)o2)cc1. The number of ether oxygens (including phenoxy) is 1. The van der Waals surface area contributed by atoms with Gasteiger partial charge in [-0.25, -0.2) is 4.98 Å². The second kappa shape index (κ2) is 7.36. The molecule has 9 nitrogen and oxygen atoms in total. The molecule has 4 aromatic heterocycles. The van der Waals surface area contributed by atoms with Crippen molar-refractivity contribution in [2.75, 3.05) is 12.4 Å². The summed E-state index contributed by atoms with van der Waals surface area (Å²) in [6.45, 7) is 0.562. The first-order valence-electron chi connectivity index (χ1n) is 9.36. The number of aromatic nitrogens is 6. The lowest BCUT2D eigenvalue weighted by Gasteiger charge is -2.03. The fourth-order valence-electron chi connectivity index (χ4n) is 3.23. The molecule has 0 aliphatic heterocycles. The van der Waals surface area contributed by atoms with E-state index in [0.717, 1.165) is 39.0 Å². The molecule has 0 fully saturated rings. The molecule has 0 aliphatic rings. The van der Waals surface area contributed by atoms with Crippen LogP contribution in [0.5, 0.6) is 5.75 Å². The van der Waals surface area contributed by atoms with E-state index in [2.05, 4.69) is 30.6 Å². The van der Waals surface area contributed by atoms with Crippen molar-refractivity contribution in [1.82, 2.24) is 29.9 Å². The molecule has 9 heteroatoms. The minimum Gasteiger partial charge on any atom is -0.497 e. The Morgan fingerprint density at radius 3 is 2.77 bits per heavy atom. The molecular weight excluding hydrogens is 382 g/mol. The number of H-pyrrole nitrogens is 1. The van der Waals surface area contributed by atoms with Crippen molar-refractivity contribution in [3.63, 3.8) is 0 Å². The molecule has 5 aromatic rings. The van der Waals surface area contributed by atoms with Gasteiger partial charge in [0.1, 0.15) is 11.4 Å². The van der Waals surface area contributed by atoms with Gasteiger partial charge in [-0.3, -0.25) is 4.68 Å². The van der Waals surface area contributed by atoms with Crippen molar-refractivity contribution in [2.45, 2.75) is 6.54 Å². The predicted octanol–water partition coefficient (Wildman–Crippen LogP) is 3.63. The molecule has 0 spiro atoms. The number of methoxy groups -OCH3 is 1. The van der Waals surface area contributed by atoms with Crippen molar-refractivity contribution < 1.29 is 9.15 Å². The maximum absolute atomic E-state index is 5.83. The minimum atomic E-state index is 0.353. The average molecular weight is 401 g/mol. The van der Waals surface area contributed by atoms with Gasteiger partial charge in [0, 0.05) is 48.7 Å². The van der Waals surface area contributed by atoms with Gasteiger partial charge in [-0.2, -0.15) is 5.10 Å². The van der Waals surface area contributed by atoms with E-state index < -0.39 is 0 Å². The van der Waals surface area contributed by atoms with Gasteiger partial charge in [-0.15, -0.1) is 5.10 Å². The number of aryl methyl sites for hydroxylation is 1. The van der Waals surface area contributed by atoms with E-state index in [4.69, 9.17) is 9.15 Å². The second-order valence-corrected chi connectivity index (χ2v) is 6.84. The summed E-state index contributed by atoms with van der Waals surface area (Å²) >= 11 is 0. The zero-order chi connectivity index (χ0) is 20.5. The summed E-state index contributed by atoms with van der Waals surface area (Å²) in [5.41, 5.74) is 4.59. The molecule has 0 saturated heterocycles. The van der Waals surface area contributed by atoms with Crippen LogP contribution in [0.1, 0.15) is 5.56 Å². The van der Waals surface area contributed by atoms with Crippen LogP contribution in [0, 0.1) is 0 Å². The van der Waals surface area contributed by atoms with Crippen molar-refractivity contribution in [1.29, 1.82) is 0 Å². The number of anilines is 1. The summed E-state index contributed by atoms with van der Waals surface area (Å²) in [5.74, 6) is 1.24. The van der Waals surface area contributed by atoms with Gasteiger partial charge >= 0.3 is 6.01 Å². The van der Waals surface area contributed by atoms with Crippen molar-refractivity contribution in [2.24, 2.45) is 7.05 Å². The Morgan fingerprint density at radius 1 is 1.13 bits per heavy atom. The van der Waals surface area contributed by atoms with Crippen LogP contribution in [-0.2, 0) is 13.6 Å². The first-order valence-corrected chi connectivity index (χ1v) is 9.36. The molecule has 0 radical (unpaired) electrons. The molecule has 4 heterocycles. The quantitative estimate of drug-likeness (QED) is 0.447. The fourth-order valence-corrected chi connectivity index (χ4v) is 3.23. The third kappa shape index (κ3) is 3.37. The van der Waals surface area contributed by atoms with E-state index in [9.17, 15) is 0 Å². The Morgan fingerprint density at radius 2 is 2.00 bits per heavy atom. The maximum atomic E-state index is 5.83. The first-order chi connectivity index (χ1) is 14.7. The summed E-state index contributed by atoms with van der Waals surface area (Å²) in [4.78, 5) is 7.66. The van der Waals surface area contributed by atoms with E-state index in [1.165, 1.54) is 0 Å². The number of hydrogen-bond donors (Lipinski definition) is 2. The number of rotatable bonds is 6. The zero-order valence-electron chi connectivity index (χ0n) is 16.5. The third-order valence-corrected chi connectivity index (χ3v) is 4.83. The van der Waals surface area contributed by atoms with Crippen LogP contribution in [0.25, 0.3) is 33.6 Å². The lowest BCUT2D eigenvalue weighted by molar-refractivity contribution is 0.414. The molecule has 0 bridgehead atoms. The highest BCUT2D eigenvalue weighted by atomic mass is 16.5. The standard InChI is InChI=1S/C21H19N7O2/c1-28-12-15(10-25-28)14-7-17-18(11-23-19(17)22-9-14)20-26-27-21(30-20)24-8-13-3-5-16(29-2)6-4-13/h3-7,9-12H,8H2,1-2H3,(H,22,23)(H,24,27). The van der Waals surface area contributed by atoms with E-state index in [0.29, 0.717) is 18.5 Å². The normalized spacial score (nSPS) is 11.1. The smallest absolute Gasteiger partial charge is 0.316 e. The molecule has 0 unspecified atom stereocenters. The Kier molecular flexibility index (Phi) is 4.40. The summed E-state index contributed by atoms with van der Waals surface area (Å²) in [7, 11) is 3.53. The number of nitrogens with zero attached hydrogens (tertiary/aromatic N) is 5. The number of nitrogens with one attached hydrogen (secondary N) is 2. The molecule has 1 aromatic carbocycles. The van der Waals surface area contributed by atoms with Gasteiger partial charge in [-0.1, -0.05) is 17.2 Å². The van der Waals surface area contributed by atoms with Gasteiger partial charge in [0.2, 0.25) is 0 Å². The van der Waals surface area contributed by atoms with Crippen molar-refractivity contribution in [3.05, 3.63) is 60.7 Å². The lowest BCUT2D eigenvalue weighted by Crippen LogP contribution is -1.99. The summed E-state index contributed by atoms with van der Waals surface area (Å²) in [6, 6.07) is 10.2. The molecule has 0 amide bonds. The average Bonchev–Trinajstić information content (AvgIpc) is 3.51. The molecule has 0 saturated carbocycles. The summed E-state index contributed by atoms with van der Waals surface area (Å²) in [6.07, 6.45) is 7.40. The molecule has 0 aliphatic carbocycles. The predicted molar refractivity (Wildman–Crippen MR) is 112 cm³/mol. The van der Waals surface area contributed by atoms with Crippen LogP contribution in [0.3, 0.4) is 0 Å². The number of pyridine rings is 1. The largest absolute Gasteiger partial charge is 0.497 e. The van der Waals surface area contributed by atoms with E-state index in [-0.39, 0.29) is 0 Å². The van der Waals surface area contributed by atoms with E-state index in [1.807, 2.05) is 62.2 Å². The maximum Gasteiger partial charge on any atom is 0.316 e. The molecule has 30 heavy (non-hydrogen) atoms. The highest BCUT2D eigenvalue weighted by molar-refractivity contribution is 5.93. The molecular formula is C21H19N7O2. The number of aromatic amines is 1. The zero-order valence-corrected chi connectivity index (χ0v) is 16.5. The van der Waals surface area contributed by atoms with Crippen LogP contribution in [-0.4, -0.2) is 37.1 Å². The van der Waals surface area contributed by atoms with Crippen LogP contribution >= 0.6 is 0 Å². The Labute approximate surface area is 171 Å². The van der Waals surface area contributed by atoms with Crippen LogP contribution < -0.4 is 10.1 Å². The Bertz CT molecular complexity index is 1300. The molecule has 0 atom stereocenters. The van der Waals surface area contributed by atoms with E-state index >= 15 is 0 Å². The topological polar surface area (TPSA) is 107 Å². The number of fused-ring (bicyclic) bond motifs is 1. The number of benzene rings is 1. The van der Waals surface area contributed by atoms with Crippen molar-refractivity contribution in [3.8, 4) is 28.3 Å². The van der Waals surface area contributed by atoms with Gasteiger partial charge in [0.25, 0.3) is 5.89 Å². The second-order valence-electron chi connectivity index (χ2n) is 6.84. The van der Waals surface area contributed by atoms with E-state index in [1.54, 1.807) is 11.8 Å². The Balaban J connectivity index is 1.38. The number of hydrogen-bond acceptors (Lipinski definition) is 7. The minimum absolute atomic E-state index is 0.353. The van der Waals surface area contributed by atoms with Gasteiger partial charge in [-0.05, 0) is 23.8 Å². The monoisotopic (exact) mass is 401 g/mol. The summed E-state index contributed by atoms with van der Waals surface area (Å²) < 4.78 is 12.8. The molecule has 5 rings (SSSR count). The summed E-state index contributed by atoms with van der Waals surface area (Å²) in [5, 5.41) is 16.6. The van der Waals surface area contributed by atoms with Crippen molar-refractivity contribution >= 4 is 17.0 Å². The molecule has 150 valence electrons. The highest BCUT2D eigenvalue weighted by Gasteiger charge is 2.15. The third-order valence-electron chi connectivity index (χ3n) is 4.83. The fraction of sp³-hybridized carbons (Fsp3) is 0.143. The molecule has 2 N–H and O–H groups in total. The van der Waals surface area contributed by atoms with Crippen LogP contribution in [0.4, 0.5) is 6.01 Å². The van der Waals surface area contributed by atoms with Gasteiger partial charge in [0.15, 0.2) is 0 Å². The Hall–Kier alpha value is -4.14. The van der Waals surface area contributed by atoms with Gasteiger partial charge < -0.3 is 19.5 Å². The van der Waals surface area contributed by atoms with Crippen LogP contribution in [0.2, 0.25) is 0 Å². The lowest BCUT2D eigenvalue weighted by atomic mass is 10.1. The van der Waals surface area contributed by atoms with Crippen LogP contribution in [0.15, 0.2) is 59.5 Å². The highest BCUT2D eigenvalue weighted by Crippen LogP contribution is 2.30. The first kappa shape index (κ1) is 17.9. The van der Waals surface area contributed by atoms with Gasteiger partial charge in [0.05, 0.1) is 18.9 Å².